The molecular weight excluding hydrogens is 344 g/mol. The molecule has 0 amide bonds. The average Bonchev–Trinajstić information content (AvgIpc) is 2.60. The maximum absolute atomic E-state index is 12.9. The van der Waals surface area contributed by atoms with E-state index in [-0.39, 0.29) is 12.4 Å². The Morgan fingerprint density at radius 2 is 1.75 bits per heavy atom. The van der Waals surface area contributed by atoms with Crippen LogP contribution in [-0.4, -0.2) is 38.9 Å². The minimum Gasteiger partial charge on any atom is -0.317 e. The summed E-state index contributed by atoms with van der Waals surface area (Å²) < 4.78 is 27.4. The maximum Gasteiger partial charge on any atom is 0.243 e. The molecule has 1 saturated heterocycles. The van der Waals surface area contributed by atoms with Gasteiger partial charge in [0.05, 0.1) is 4.90 Å². The summed E-state index contributed by atoms with van der Waals surface area (Å²) in [6.45, 7) is 5.28. The first-order valence-electron chi connectivity index (χ1n) is 8.31. The normalized spacial score (nSPS) is 16.9. The molecule has 1 aliphatic rings. The molecule has 6 heteroatoms. The minimum absolute atomic E-state index is 0. The van der Waals surface area contributed by atoms with Crippen LogP contribution in [0.15, 0.2) is 47.4 Å². The van der Waals surface area contributed by atoms with Gasteiger partial charge in [-0.1, -0.05) is 37.3 Å². The molecule has 4 nitrogen and oxygen atoms in total. The van der Waals surface area contributed by atoms with E-state index < -0.39 is 10.0 Å². The zero-order chi connectivity index (χ0) is 16.3. The Morgan fingerprint density at radius 3 is 2.42 bits per heavy atom. The smallest absolute Gasteiger partial charge is 0.243 e. The van der Waals surface area contributed by atoms with Crippen molar-refractivity contribution in [3.63, 3.8) is 0 Å². The molecule has 3 rings (SSSR count). The van der Waals surface area contributed by atoms with Gasteiger partial charge in [-0.2, -0.15) is 4.31 Å². The summed E-state index contributed by atoms with van der Waals surface area (Å²) in [5, 5.41) is 5.39. The van der Waals surface area contributed by atoms with Crippen LogP contribution in [0.2, 0.25) is 0 Å². The Bertz CT molecular complexity index is 771. The van der Waals surface area contributed by atoms with Gasteiger partial charge in [0.15, 0.2) is 0 Å². The molecule has 1 aliphatic heterocycles. The fourth-order valence-electron chi connectivity index (χ4n) is 3.18. The number of hydrogen-bond donors (Lipinski definition) is 1. The number of nitrogens with zero attached hydrogens (tertiary/aromatic N) is 1. The zero-order valence-corrected chi connectivity index (χ0v) is 15.6. The lowest BCUT2D eigenvalue weighted by atomic mass is 9.98. The van der Waals surface area contributed by atoms with E-state index in [2.05, 4.69) is 12.2 Å². The van der Waals surface area contributed by atoms with Gasteiger partial charge < -0.3 is 5.32 Å². The Morgan fingerprint density at radius 1 is 1.08 bits per heavy atom. The Hall–Kier alpha value is -1.14. The second kappa shape index (κ2) is 8.30. The predicted octanol–water partition coefficient (Wildman–Crippen LogP) is 3.27. The van der Waals surface area contributed by atoms with E-state index in [0.717, 1.165) is 36.7 Å². The van der Waals surface area contributed by atoms with Gasteiger partial charge in [0.25, 0.3) is 0 Å². The van der Waals surface area contributed by atoms with Crippen LogP contribution in [0.5, 0.6) is 0 Å². The van der Waals surface area contributed by atoms with Crippen LogP contribution in [0, 0.1) is 5.92 Å². The van der Waals surface area contributed by atoms with E-state index in [9.17, 15) is 8.42 Å². The van der Waals surface area contributed by atoms with E-state index in [1.54, 1.807) is 16.4 Å². The fourth-order valence-corrected chi connectivity index (χ4v) is 4.68. The van der Waals surface area contributed by atoms with Crippen molar-refractivity contribution in [3.05, 3.63) is 42.5 Å². The first-order valence-corrected chi connectivity index (χ1v) is 9.75. The van der Waals surface area contributed by atoms with Crippen molar-refractivity contribution < 1.29 is 8.42 Å². The van der Waals surface area contributed by atoms with Crippen LogP contribution < -0.4 is 5.32 Å². The van der Waals surface area contributed by atoms with Crippen molar-refractivity contribution in [1.82, 2.24) is 9.62 Å². The van der Waals surface area contributed by atoms with Crippen LogP contribution in [0.3, 0.4) is 0 Å². The molecule has 2 aromatic carbocycles. The number of benzene rings is 2. The monoisotopic (exact) mass is 368 g/mol. The van der Waals surface area contributed by atoms with Gasteiger partial charge in [0.2, 0.25) is 10.0 Å². The third kappa shape index (κ3) is 4.09. The lowest BCUT2D eigenvalue weighted by Crippen LogP contribution is -2.40. The second-order valence-corrected chi connectivity index (χ2v) is 8.10. The SMILES string of the molecule is CCNCC1CCN(S(=O)(=O)c2ccc3ccccc3c2)CC1.Cl. The van der Waals surface area contributed by atoms with E-state index >= 15 is 0 Å². The van der Waals surface area contributed by atoms with Crippen LogP contribution in [0.25, 0.3) is 10.8 Å². The molecule has 0 aliphatic carbocycles. The minimum atomic E-state index is -3.38. The molecule has 0 aromatic heterocycles. The summed E-state index contributed by atoms with van der Waals surface area (Å²) in [6, 6.07) is 13.3. The van der Waals surface area contributed by atoms with Crippen molar-refractivity contribution in [2.24, 2.45) is 5.92 Å². The molecule has 1 N–H and O–H groups in total. The van der Waals surface area contributed by atoms with Gasteiger partial charge in [-0.3, -0.25) is 0 Å². The standard InChI is InChI=1S/C18H24N2O2S.ClH/c1-2-19-14-15-9-11-20(12-10-15)23(21,22)18-8-7-16-5-3-4-6-17(16)13-18;/h3-8,13,15,19H,2,9-12,14H2,1H3;1H. The van der Waals surface area contributed by atoms with E-state index in [4.69, 9.17) is 0 Å². The molecule has 1 heterocycles. The summed E-state index contributed by atoms with van der Waals surface area (Å²) in [5.74, 6) is 0.581. The van der Waals surface area contributed by atoms with Gasteiger partial charge in [-0.25, -0.2) is 8.42 Å². The molecule has 0 spiro atoms. The number of nitrogens with one attached hydrogen (secondary N) is 1. The summed E-state index contributed by atoms with van der Waals surface area (Å²) in [6.07, 6.45) is 1.86. The maximum atomic E-state index is 12.9. The Labute approximate surface area is 150 Å². The van der Waals surface area contributed by atoms with Gasteiger partial charge in [-0.15, -0.1) is 12.4 Å². The first-order chi connectivity index (χ1) is 11.1. The number of piperidine rings is 1. The number of rotatable bonds is 5. The van der Waals surface area contributed by atoms with Crippen LogP contribution >= 0.6 is 12.4 Å². The quantitative estimate of drug-likeness (QED) is 0.881. The van der Waals surface area contributed by atoms with Crippen molar-refractivity contribution in [3.8, 4) is 0 Å². The number of hydrogen-bond acceptors (Lipinski definition) is 3. The summed E-state index contributed by atoms with van der Waals surface area (Å²) in [4.78, 5) is 0.404. The fraction of sp³-hybridized carbons (Fsp3) is 0.444. The van der Waals surface area contributed by atoms with E-state index in [1.165, 1.54) is 0 Å². The molecule has 0 saturated carbocycles. The largest absolute Gasteiger partial charge is 0.317 e. The van der Waals surface area contributed by atoms with Gasteiger partial charge >= 0.3 is 0 Å². The van der Waals surface area contributed by atoms with Crippen molar-refractivity contribution >= 4 is 33.2 Å². The second-order valence-electron chi connectivity index (χ2n) is 6.16. The van der Waals surface area contributed by atoms with Gasteiger partial charge in [-0.05, 0) is 54.8 Å². The molecule has 2 aromatic rings. The topological polar surface area (TPSA) is 49.4 Å². The molecule has 132 valence electrons. The zero-order valence-electron chi connectivity index (χ0n) is 13.9. The molecule has 0 unspecified atom stereocenters. The number of halogens is 1. The highest BCUT2D eigenvalue weighted by Gasteiger charge is 2.29. The molecule has 1 fully saturated rings. The molecule has 24 heavy (non-hydrogen) atoms. The van der Waals surface area contributed by atoms with E-state index in [1.807, 2.05) is 30.3 Å². The molecular formula is C18H25ClN2O2S. The average molecular weight is 369 g/mol. The highest BCUT2D eigenvalue weighted by molar-refractivity contribution is 7.89. The van der Waals surface area contributed by atoms with Crippen molar-refractivity contribution in [2.45, 2.75) is 24.7 Å². The first kappa shape index (κ1) is 19.2. The van der Waals surface area contributed by atoms with Gasteiger partial charge in [0, 0.05) is 13.1 Å². The summed E-state index contributed by atoms with van der Waals surface area (Å²) in [5.41, 5.74) is 0. The molecule has 0 radical (unpaired) electrons. The van der Waals surface area contributed by atoms with Crippen molar-refractivity contribution in [2.75, 3.05) is 26.2 Å². The number of fused-ring (bicyclic) bond motifs is 1. The number of sulfonamides is 1. The highest BCUT2D eigenvalue weighted by Crippen LogP contribution is 2.25. The van der Waals surface area contributed by atoms with Gasteiger partial charge in [0.1, 0.15) is 0 Å². The summed E-state index contributed by atoms with van der Waals surface area (Å²) >= 11 is 0. The lowest BCUT2D eigenvalue weighted by molar-refractivity contribution is 0.268. The Kier molecular flexibility index (Phi) is 6.63. The van der Waals surface area contributed by atoms with Crippen LogP contribution in [0.1, 0.15) is 19.8 Å². The van der Waals surface area contributed by atoms with Crippen LogP contribution in [-0.2, 0) is 10.0 Å². The highest BCUT2D eigenvalue weighted by atomic mass is 35.5. The molecule has 0 bridgehead atoms. The van der Waals surface area contributed by atoms with E-state index in [0.29, 0.717) is 23.9 Å². The predicted molar refractivity (Wildman–Crippen MR) is 101 cm³/mol. The third-order valence-corrected chi connectivity index (χ3v) is 6.51. The summed E-state index contributed by atoms with van der Waals surface area (Å²) in [7, 11) is -3.38. The van der Waals surface area contributed by atoms with Crippen LogP contribution in [0.4, 0.5) is 0 Å². The Balaban J connectivity index is 0.00000208. The molecule has 0 atom stereocenters. The third-order valence-electron chi connectivity index (χ3n) is 4.62. The lowest BCUT2D eigenvalue weighted by Gasteiger charge is -2.31. The van der Waals surface area contributed by atoms with Crippen molar-refractivity contribution in [1.29, 1.82) is 0 Å².